The van der Waals surface area contributed by atoms with Gasteiger partial charge in [0, 0.05) is 26.3 Å². The first-order chi connectivity index (χ1) is 9.18. The average Bonchev–Trinajstić information content (AvgIpc) is 2.36. The number of carbonyl (C=O) groups is 1. The number of methoxy groups -OCH3 is 1. The Hall–Kier alpha value is -1.44. The minimum Gasteiger partial charge on any atom is -0.383 e. The van der Waals surface area contributed by atoms with Crippen LogP contribution in [0.3, 0.4) is 0 Å². The van der Waals surface area contributed by atoms with E-state index in [1.54, 1.807) is 28.0 Å². The van der Waals surface area contributed by atoms with Crippen molar-refractivity contribution < 1.29 is 17.9 Å². The zero-order valence-electron chi connectivity index (χ0n) is 12.1. The van der Waals surface area contributed by atoms with Gasteiger partial charge in [-0.2, -0.15) is 0 Å². The Kier molecular flexibility index (Phi) is 5.27. The lowest BCUT2D eigenvalue weighted by atomic mass is 10.0. The molecule has 1 rings (SSSR count). The van der Waals surface area contributed by atoms with Crippen LogP contribution < -0.4 is 5.14 Å². The zero-order valence-corrected chi connectivity index (χ0v) is 13.0. The van der Waals surface area contributed by atoms with Crippen LogP contribution >= 0.6 is 0 Å². The number of nitrogens with two attached hydrogens (primary N) is 1. The molecule has 1 aromatic carbocycles. The Morgan fingerprint density at radius 3 is 2.45 bits per heavy atom. The van der Waals surface area contributed by atoms with E-state index in [0.29, 0.717) is 24.3 Å². The lowest BCUT2D eigenvalue weighted by molar-refractivity contribution is 0.0743. The van der Waals surface area contributed by atoms with E-state index < -0.39 is 10.0 Å². The molecule has 2 N–H and O–H groups in total. The third-order valence-corrected chi connectivity index (χ3v) is 4.07. The highest BCUT2D eigenvalue weighted by atomic mass is 32.2. The molecule has 0 aliphatic heterocycles. The molecule has 0 saturated heterocycles. The summed E-state index contributed by atoms with van der Waals surface area (Å²) in [5, 5.41) is 5.13. The number of carbonyl (C=O) groups excluding carboxylic acids is 1. The molecule has 112 valence electrons. The van der Waals surface area contributed by atoms with Crippen molar-refractivity contribution >= 4 is 15.9 Å². The minimum atomic E-state index is -3.84. The van der Waals surface area contributed by atoms with E-state index in [9.17, 15) is 13.2 Å². The van der Waals surface area contributed by atoms with Crippen molar-refractivity contribution in [2.75, 3.05) is 27.3 Å². The molecule has 0 fully saturated rings. The number of likely N-dealkylation sites (N-methyl/N-ethyl adjacent to an activating group) is 1. The highest BCUT2D eigenvalue weighted by Gasteiger charge is 2.19. The van der Waals surface area contributed by atoms with E-state index in [1.807, 2.05) is 0 Å². The summed E-state index contributed by atoms with van der Waals surface area (Å²) in [6.07, 6.45) is 0. The number of amides is 1. The number of aryl methyl sites for hydroxylation is 1. The monoisotopic (exact) mass is 300 g/mol. The van der Waals surface area contributed by atoms with Crippen LogP contribution in [0.1, 0.15) is 21.5 Å². The van der Waals surface area contributed by atoms with E-state index in [-0.39, 0.29) is 10.8 Å². The van der Waals surface area contributed by atoms with Gasteiger partial charge in [0.1, 0.15) is 0 Å². The molecular weight excluding hydrogens is 280 g/mol. The van der Waals surface area contributed by atoms with Gasteiger partial charge < -0.3 is 9.64 Å². The molecule has 0 unspecified atom stereocenters. The maximum Gasteiger partial charge on any atom is 0.253 e. The standard InChI is InChI=1S/C13H20N2O4S/c1-9-7-11(20(14,17)18)8-12(10(9)2)13(16)15(3)5-6-19-4/h7-8H,5-6H2,1-4H3,(H2,14,17,18). The van der Waals surface area contributed by atoms with Crippen LogP contribution in [0.5, 0.6) is 0 Å². The molecule has 1 aromatic rings. The van der Waals surface area contributed by atoms with Gasteiger partial charge in [0.2, 0.25) is 10.0 Å². The summed E-state index contributed by atoms with van der Waals surface area (Å²) in [4.78, 5) is 13.8. The Labute approximate surface area is 119 Å². The topological polar surface area (TPSA) is 89.7 Å². The van der Waals surface area contributed by atoms with Gasteiger partial charge in [0.05, 0.1) is 11.5 Å². The lowest BCUT2D eigenvalue weighted by Gasteiger charge is -2.19. The predicted octanol–water partition coefficient (Wildman–Crippen LogP) is 0.669. The molecule has 1 amide bonds. The molecule has 0 radical (unpaired) electrons. The van der Waals surface area contributed by atoms with E-state index in [0.717, 1.165) is 5.56 Å². The SMILES string of the molecule is COCCN(C)C(=O)c1cc(S(N)(=O)=O)cc(C)c1C. The van der Waals surface area contributed by atoms with Gasteiger partial charge in [-0.05, 0) is 37.1 Å². The van der Waals surface area contributed by atoms with Gasteiger partial charge in [-0.3, -0.25) is 4.79 Å². The van der Waals surface area contributed by atoms with Gasteiger partial charge in [-0.1, -0.05) is 0 Å². The Morgan fingerprint density at radius 2 is 1.95 bits per heavy atom. The number of sulfonamides is 1. The van der Waals surface area contributed by atoms with E-state index in [4.69, 9.17) is 9.88 Å². The second kappa shape index (κ2) is 6.34. The van der Waals surface area contributed by atoms with E-state index >= 15 is 0 Å². The fourth-order valence-electron chi connectivity index (χ4n) is 1.75. The number of hydrogen-bond donors (Lipinski definition) is 1. The average molecular weight is 300 g/mol. The summed E-state index contributed by atoms with van der Waals surface area (Å²) in [5.74, 6) is -0.256. The van der Waals surface area contributed by atoms with Crippen molar-refractivity contribution in [3.63, 3.8) is 0 Å². The second-order valence-corrected chi connectivity index (χ2v) is 6.24. The molecule has 0 aromatic heterocycles. The summed E-state index contributed by atoms with van der Waals surface area (Å²) >= 11 is 0. The predicted molar refractivity (Wildman–Crippen MR) is 76.1 cm³/mol. The van der Waals surface area contributed by atoms with Crippen molar-refractivity contribution in [2.24, 2.45) is 5.14 Å². The molecular formula is C13H20N2O4S. The summed E-state index contributed by atoms with van der Waals surface area (Å²) in [6, 6.07) is 2.79. The van der Waals surface area contributed by atoms with Gasteiger partial charge in [0.15, 0.2) is 0 Å². The van der Waals surface area contributed by atoms with Crippen molar-refractivity contribution in [3.05, 3.63) is 28.8 Å². The summed E-state index contributed by atoms with van der Waals surface area (Å²) < 4.78 is 27.8. The highest BCUT2D eigenvalue weighted by molar-refractivity contribution is 7.89. The van der Waals surface area contributed by atoms with Crippen LogP contribution in [-0.4, -0.2) is 46.5 Å². The quantitative estimate of drug-likeness (QED) is 0.865. The zero-order chi connectivity index (χ0) is 15.5. The first-order valence-electron chi connectivity index (χ1n) is 6.07. The molecule has 0 spiro atoms. The smallest absolute Gasteiger partial charge is 0.253 e. The Balaban J connectivity index is 3.24. The first-order valence-corrected chi connectivity index (χ1v) is 7.61. The van der Waals surface area contributed by atoms with E-state index in [2.05, 4.69) is 0 Å². The maximum absolute atomic E-state index is 12.3. The number of ether oxygens (including phenoxy) is 1. The fraction of sp³-hybridized carbons (Fsp3) is 0.462. The van der Waals surface area contributed by atoms with Crippen molar-refractivity contribution in [1.29, 1.82) is 0 Å². The van der Waals surface area contributed by atoms with Crippen LogP contribution in [0.25, 0.3) is 0 Å². The van der Waals surface area contributed by atoms with Gasteiger partial charge >= 0.3 is 0 Å². The largest absolute Gasteiger partial charge is 0.383 e. The number of nitrogens with zero attached hydrogens (tertiary/aromatic N) is 1. The molecule has 20 heavy (non-hydrogen) atoms. The molecule has 0 atom stereocenters. The molecule has 0 bridgehead atoms. The third kappa shape index (κ3) is 3.78. The van der Waals surface area contributed by atoms with Crippen LogP contribution in [0.4, 0.5) is 0 Å². The first kappa shape index (κ1) is 16.6. The van der Waals surface area contributed by atoms with Gasteiger partial charge in [-0.15, -0.1) is 0 Å². The molecule has 0 aliphatic carbocycles. The van der Waals surface area contributed by atoms with Gasteiger partial charge in [-0.25, -0.2) is 13.6 Å². The molecule has 7 heteroatoms. The van der Waals surface area contributed by atoms with Crippen LogP contribution in [0.2, 0.25) is 0 Å². The Morgan fingerprint density at radius 1 is 1.35 bits per heavy atom. The highest BCUT2D eigenvalue weighted by Crippen LogP contribution is 2.20. The fourth-order valence-corrected chi connectivity index (χ4v) is 2.37. The summed E-state index contributed by atoms with van der Waals surface area (Å²) in [5.41, 5.74) is 1.79. The van der Waals surface area contributed by atoms with Crippen LogP contribution in [0.15, 0.2) is 17.0 Å². The summed E-state index contributed by atoms with van der Waals surface area (Å²) in [6.45, 7) is 4.36. The van der Waals surface area contributed by atoms with Crippen molar-refractivity contribution in [1.82, 2.24) is 4.90 Å². The number of hydrogen-bond acceptors (Lipinski definition) is 4. The lowest BCUT2D eigenvalue weighted by Crippen LogP contribution is -2.31. The van der Waals surface area contributed by atoms with Crippen molar-refractivity contribution in [3.8, 4) is 0 Å². The molecule has 0 heterocycles. The molecule has 0 saturated carbocycles. The number of rotatable bonds is 5. The van der Waals surface area contributed by atoms with E-state index in [1.165, 1.54) is 17.0 Å². The third-order valence-electron chi connectivity index (χ3n) is 3.18. The van der Waals surface area contributed by atoms with Gasteiger partial charge in [0.25, 0.3) is 5.91 Å². The summed E-state index contributed by atoms with van der Waals surface area (Å²) in [7, 11) is -0.647. The van der Waals surface area contributed by atoms with Crippen LogP contribution in [-0.2, 0) is 14.8 Å². The Bertz CT molecular complexity index is 611. The number of primary sulfonamides is 1. The second-order valence-electron chi connectivity index (χ2n) is 4.68. The number of benzene rings is 1. The normalized spacial score (nSPS) is 11.4. The minimum absolute atomic E-state index is 0.0518. The molecule has 0 aliphatic rings. The molecule has 6 nitrogen and oxygen atoms in total. The van der Waals surface area contributed by atoms with Crippen LogP contribution in [0, 0.1) is 13.8 Å². The maximum atomic E-state index is 12.3. The van der Waals surface area contributed by atoms with Crippen molar-refractivity contribution in [2.45, 2.75) is 18.7 Å².